The molecule has 0 unspecified atom stereocenters. The quantitative estimate of drug-likeness (QED) is 0.811. The Balaban J connectivity index is 2.51. The van der Waals surface area contributed by atoms with Crippen molar-refractivity contribution in [2.75, 3.05) is 0 Å². The van der Waals surface area contributed by atoms with Crippen molar-refractivity contribution in [3.8, 4) is 0 Å². The zero-order valence-corrected chi connectivity index (χ0v) is 8.88. The zero-order valence-electron chi connectivity index (χ0n) is 7.25. The number of hydrogen-bond donors (Lipinski definition) is 1. The fraction of sp³-hybridized carbons (Fsp3) is 0.111. The SMILES string of the molecule is C=CC(O)(c1nccs1)c1nccs1. The molecular formula is C9H8N2OS2. The van der Waals surface area contributed by atoms with Gasteiger partial charge in [0.05, 0.1) is 0 Å². The summed E-state index contributed by atoms with van der Waals surface area (Å²) in [7, 11) is 0. The molecular weight excluding hydrogens is 216 g/mol. The molecule has 0 spiro atoms. The molecule has 0 radical (unpaired) electrons. The molecule has 5 heteroatoms. The van der Waals surface area contributed by atoms with Crippen LogP contribution in [-0.4, -0.2) is 15.1 Å². The summed E-state index contributed by atoms with van der Waals surface area (Å²) in [6.07, 6.45) is 4.77. The molecule has 0 aromatic carbocycles. The highest BCUT2D eigenvalue weighted by Crippen LogP contribution is 2.32. The summed E-state index contributed by atoms with van der Waals surface area (Å²) >= 11 is 2.77. The zero-order chi connectivity index (χ0) is 10.0. The minimum Gasteiger partial charge on any atom is -0.372 e. The molecule has 0 aliphatic carbocycles. The number of aliphatic hydroxyl groups is 1. The molecule has 0 aliphatic heterocycles. The topological polar surface area (TPSA) is 46.0 Å². The van der Waals surface area contributed by atoms with Crippen molar-refractivity contribution in [3.05, 3.63) is 45.8 Å². The highest BCUT2D eigenvalue weighted by atomic mass is 32.1. The van der Waals surface area contributed by atoms with Gasteiger partial charge in [0.25, 0.3) is 0 Å². The van der Waals surface area contributed by atoms with Gasteiger partial charge in [-0.25, -0.2) is 9.97 Å². The molecule has 0 saturated heterocycles. The molecule has 14 heavy (non-hydrogen) atoms. The van der Waals surface area contributed by atoms with Gasteiger partial charge in [0.1, 0.15) is 10.0 Å². The van der Waals surface area contributed by atoms with E-state index in [1.54, 1.807) is 12.4 Å². The van der Waals surface area contributed by atoms with Crippen molar-refractivity contribution in [3.63, 3.8) is 0 Å². The first-order valence-corrected chi connectivity index (χ1v) is 5.69. The molecule has 0 saturated carbocycles. The Kier molecular flexibility index (Phi) is 2.45. The molecule has 2 rings (SSSR count). The van der Waals surface area contributed by atoms with E-state index in [1.807, 2.05) is 10.8 Å². The van der Waals surface area contributed by atoms with Crippen molar-refractivity contribution in [2.24, 2.45) is 0 Å². The molecule has 0 atom stereocenters. The highest BCUT2D eigenvalue weighted by molar-refractivity contribution is 7.11. The van der Waals surface area contributed by atoms with E-state index in [0.717, 1.165) is 0 Å². The van der Waals surface area contributed by atoms with Crippen LogP contribution in [0, 0.1) is 0 Å². The van der Waals surface area contributed by atoms with Gasteiger partial charge in [-0.15, -0.1) is 22.7 Å². The number of hydrogen-bond acceptors (Lipinski definition) is 5. The molecule has 2 aromatic rings. The van der Waals surface area contributed by atoms with Crippen molar-refractivity contribution in [2.45, 2.75) is 5.60 Å². The molecule has 72 valence electrons. The average molecular weight is 224 g/mol. The lowest BCUT2D eigenvalue weighted by Gasteiger charge is -2.18. The molecule has 0 amide bonds. The Morgan fingerprint density at radius 2 is 1.71 bits per heavy atom. The van der Waals surface area contributed by atoms with Crippen molar-refractivity contribution < 1.29 is 5.11 Å². The molecule has 0 fully saturated rings. The van der Waals surface area contributed by atoms with Crippen LogP contribution >= 0.6 is 22.7 Å². The van der Waals surface area contributed by atoms with Gasteiger partial charge < -0.3 is 5.11 Å². The molecule has 1 N–H and O–H groups in total. The van der Waals surface area contributed by atoms with Crippen LogP contribution in [0.2, 0.25) is 0 Å². The lowest BCUT2D eigenvalue weighted by molar-refractivity contribution is 0.134. The minimum atomic E-state index is -1.23. The summed E-state index contributed by atoms with van der Waals surface area (Å²) in [5, 5.41) is 15.2. The van der Waals surface area contributed by atoms with Gasteiger partial charge >= 0.3 is 0 Å². The fourth-order valence-electron chi connectivity index (χ4n) is 1.09. The van der Waals surface area contributed by atoms with Crippen molar-refractivity contribution in [1.29, 1.82) is 0 Å². The maximum atomic E-state index is 10.3. The van der Waals surface area contributed by atoms with Crippen LogP contribution in [-0.2, 0) is 5.60 Å². The third-order valence-corrected chi connectivity index (χ3v) is 3.61. The Morgan fingerprint density at radius 1 is 1.21 bits per heavy atom. The highest BCUT2D eigenvalue weighted by Gasteiger charge is 2.33. The van der Waals surface area contributed by atoms with Crippen molar-refractivity contribution >= 4 is 22.7 Å². The first-order chi connectivity index (χ1) is 6.77. The lowest BCUT2D eigenvalue weighted by atomic mass is 10.1. The van der Waals surface area contributed by atoms with Gasteiger partial charge in [-0.2, -0.15) is 0 Å². The van der Waals surface area contributed by atoms with Crippen molar-refractivity contribution in [1.82, 2.24) is 9.97 Å². The third kappa shape index (κ3) is 1.39. The monoisotopic (exact) mass is 224 g/mol. The van der Waals surface area contributed by atoms with Crippen LogP contribution in [0.3, 0.4) is 0 Å². The Hall–Kier alpha value is -1.04. The van der Waals surface area contributed by atoms with E-state index in [-0.39, 0.29) is 0 Å². The summed E-state index contributed by atoms with van der Waals surface area (Å²) in [6, 6.07) is 0. The van der Waals surface area contributed by atoms with Crippen LogP contribution in [0.1, 0.15) is 10.0 Å². The van der Waals surface area contributed by atoms with Gasteiger partial charge in [-0.1, -0.05) is 6.58 Å². The second-order valence-corrected chi connectivity index (χ2v) is 4.43. The summed E-state index contributed by atoms with van der Waals surface area (Å²) in [6.45, 7) is 3.63. The van der Waals surface area contributed by atoms with Crippen LogP contribution in [0.15, 0.2) is 35.8 Å². The number of nitrogens with zero attached hydrogens (tertiary/aromatic N) is 2. The molecule has 0 aliphatic rings. The van der Waals surface area contributed by atoms with E-state index in [2.05, 4.69) is 16.5 Å². The van der Waals surface area contributed by atoms with Crippen LogP contribution in [0.4, 0.5) is 0 Å². The van der Waals surface area contributed by atoms with Crippen LogP contribution in [0.25, 0.3) is 0 Å². The lowest BCUT2D eigenvalue weighted by Crippen LogP contribution is -2.23. The maximum absolute atomic E-state index is 10.3. The van der Waals surface area contributed by atoms with Gasteiger partial charge in [-0.3, -0.25) is 0 Å². The second kappa shape index (κ2) is 3.61. The van der Waals surface area contributed by atoms with Crippen LogP contribution in [0.5, 0.6) is 0 Å². The van der Waals surface area contributed by atoms with Gasteiger partial charge in [0.2, 0.25) is 0 Å². The van der Waals surface area contributed by atoms with E-state index >= 15 is 0 Å². The van der Waals surface area contributed by atoms with Gasteiger partial charge in [0, 0.05) is 23.2 Å². The first kappa shape index (κ1) is 9.51. The number of rotatable bonds is 3. The van der Waals surface area contributed by atoms with Gasteiger partial charge in [0.15, 0.2) is 5.60 Å². The van der Waals surface area contributed by atoms with E-state index in [0.29, 0.717) is 10.0 Å². The predicted octanol–water partition coefficient (Wildman–Crippen LogP) is 2.02. The van der Waals surface area contributed by atoms with Crippen LogP contribution < -0.4 is 0 Å². The maximum Gasteiger partial charge on any atom is 0.186 e. The molecule has 3 nitrogen and oxygen atoms in total. The summed E-state index contributed by atoms with van der Waals surface area (Å²) < 4.78 is 0. The standard InChI is InChI=1S/C9H8N2OS2/c1-2-9(12,7-10-3-5-13-7)8-11-4-6-14-8/h2-6,12H,1H2. The Bertz CT molecular complexity index is 374. The summed E-state index contributed by atoms with van der Waals surface area (Å²) in [5.41, 5.74) is -1.23. The van der Waals surface area contributed by atoms with E-state index < -0.39 is 5.60 Å². The third-order valence-electron chi connectivity index (χ3n) is 1.81. The molecule has 2 aromatic heterocycles. The normalized spacial score (nSPS) is 11.5. The predicted molar refractivity (Wildman–Crippen MR) is 57.4 cm³/mol. The Morgan fingerprint density at radius 3 is 2.00 bits per heavy atom. The number of aromatic nitrogens is 2. The van der Waals surface area contributed by atoms with E-state index in [1.165, 1.54) is 28.7 Å². The molecule has 0 bridgehead atoms. The largest absolute Gasteiger partial charge is 0.372 e. The average Bonchev–Trinajstić information content (AvgIpc) is 2.88. The van der Waals surface area contributed by atoms with E-state index in [9.17, 15) is 5.11 Å². The number of thiazole rings is 2. The van der Waals surface area contributed by atoms with Gasteiger partial charge in [-0.05, 0) is 6.08 Å². The second-order valence-electron chi connectivity index (χ2n) is 2.65. The smallest absolute Gasteiger partial charge is 0.186 e. The fourth-order valence-corrected chi connectivity index (χ4v) is 2.62. The first-order valence-electron chi connectivity index (χ1n) is 3.93. The Labute approximate surface area is 89.4 Å². The summed E-state index contributed by atoms with van der Waals surface area (Å²) in [5.74, 6) is 0. The summed E-state index contributed by atoms with van der Waals surface area (Å²) in [4.78, 5) is 8.16. The van der Waals surface area contributed by atoms with E-state index in [4.69, 9.17) is 0 Å². The minimum absolute atomic E-state index is 0.599. The molecule has 2 heterocycles.